The molecule has 1 saturated carbocycles. The van der Waals surface area contributed by atoms with Gasteiger partial charge in [-0.1, -0.05) is 6.07 Å². The summed E-state index contributed by atoms with van der Waals surface area (Å²) in [4.78, 5) is 17.7. The Kier molecular flexibility index (Phi) is 7.27. The fourth-order valence-corrected chi connectivity index (χ4v) is 5.36. The van der Waals surface area contributed by atoms with E-state index in [2.05, 4.69) is 17.0 Å². The molecule has 1 aromatic carbocycles. The predicted molar refractivity (Wildman–Crippen MR) is 125 cm³/mol. The summed E-state index contributed by atoms with van der Waals surface area (Å²) in [7, 11) is 0. The number of hydrogen-bond acceptors (Lipinski definition) is 7. The normalized spacial score (nSPS) is 26.8. The lowest BCUT2D eigenvalue weighted by Crippen LogP contribution is -2.50. The van der Waals surface area contributed by atoms with Gasteiger partial charge in [0.05, 0.1) is 0 Å². The first-order valence-electron chi connectivity index (χ1n) is 12.7. The zero-order chi connectivity index (χ0) is 23.5. The number of amides is 1. The van der Waals surface area contributed by atoms with Crippen molar-refractivity contribution in [3.8, 4) is 11.5 Å². The number of carbonyl (C=O) groups is 1. The van der Waals surface area contributed by atoms with Crippen LogP contribution in [0.5, 0.6) is 11.5 Å². The van der Waals surface area contributed by atoms with Gasteiger partial charge in [-0.15, -0.1) is 0 Å². The highest BCUT2D eigenvalue weighted by Gasteiger charge is 2.44. The number of aliphatic hydroxyl groups is 1. The lowest BCUT2D eigenvalue weighted by molar-refractivity contribution is -0.177. The molecule has 34 heavy (non-hydrogen) atoms. The first-order valence-corrected chi connectivity index (χ1v) is 12.7. The molecule has 0 radical (unpaired) electrons. The number of hydrogen-bond donors (Lipinski definition) is 1. The van der Waals surface area contributed by atoms with E-state index in [4.69, 9.17) is 18.9 Å². The Labute approximate surface area is 201 Å². The summed E-state index contributed by atoms with van der Waals surface area (Å²) in [6.45, 7) is 6.73. The number of fused-ring (bicyclic) bond motifs is 1. The summed E-state index contributed by atoms with van der Waals surface area (Å²) >= 11 is 0. The molecule has 186 valence electrons. The molecule has 2 fully saturated rings. The Morgan fingerprint density at radius 2 is 1.94 bits per heavy atom. The average molecular weight is 473 g/mol. The van der Waals surface area contributed by atoms with Gasteiger partial charge in [0.1, 0.15) is 0 Å². The van der Waals surface area contributed by atoms with E-state index < -0.39 is 6.29 Å². The first-order chi connectivity index (χ1) is 16.7. The molecule has 0 spiro atoms. The third-order valence-corrected chi connectivity index (χ3v) is 7.34. The molecule has 0 unspecified atom stereocenters. The molecule has 8 nitrogen and oxygen atoms in total. The maximum atomic E-state index is 13.4. The third kappa shape index (κ3) is 5.19. The lowest BCUT2D eigenvalue weighted by Gasteiger charge is -2.39. The van der Waals surface area contributed by atoms with Crippen molar-refractivity contribution in [1.82, 2.24) is 9.80 Å². The van der Waals surface area contributed by atoms with E-state index in [9.17, 15) is 9.90 Å². The van der Waals surface area contributed by atoms with Gasteiger partial charge < -0.3 is 29.0 Å². The molecule has 4 aliphatic rings. The van der Waals surface area contributed by atoms with Gasteiger partial charge in [0, 0.05) is 51.9 Å². The number of carbonyl (C=O) groups excluding carboxylic acids is 1. The zero-order valence-corrected chi connectivity index (χ0v) is 20.0. The molecule has 1 aromatic rings. The summed E-state index contributed by atoms with van der Waals surface area (Å²) in [5.41, 5.74) is 1.18. The standard InChI is InChI=1S/C26H36N2O6/c1-2-31-26-20(4-3-13-29)21(19-6-7-19)15-24(34-26)25(30)28-11-9-27(10-12-28)16-18-5-8-22-23(14-18)33-17-32-22/h5,8,14-15,19-21,26,29H,2-4,6-7,9-13,16-17H2,1H3/t20-,21-,26-/m0/s1. The maximum absolute atomic E-state index is 13.4. The Morgan fingerprint density at radius 1 is 1.15 bits per heavy atom. The summed E-state index contributed by atoms with van der Waals surface area (Å²) in [5.74, 6) is 3.08. The van der Waals surface area contributed by atoms with E-state index in [1.807, 2.05) is 24.0 Å². The van der Waals surface area contributed by atoms with E-state index >= 15 is 0 Å². The van der Waals surface area contributed by atoms with Crippen LogP contribution < -0.4 is 9.47 Å². The first kappa shape index (κ1) is 23.5. The molecule has 3 heterocycles. The van der Waals surface area contributed by atoms with Crippen molar-refractivity contribution in [2.45, 2.75) is 45.4 Å². The molecule has 0 bridgehead atoms. The topological polar surface area (TPSA) is 80.7 Å². The van der Waals surface area contributed by atoms with Crippen LogP contribution in [0.2, 0.25) is 0 Å². The number of piperazine rings is 1. The van der Waals surface area contributed by atoms with E-state index in [-0.39, 0.29) is 31.1 Å². The maximum Gasteiger partial charge on any atom is 0.288 e. The molecule has 1 N–H and O–H groups in total. The second kappa shape index (κ2) is 10.5. The minimum atomic E-state index is -0.418. The van der Waals surface area contributed by atoms with Crippen molar-refractivity contribution < 1.29 is 28.8 Å². The second-order valence-electron chi connectivity index (χ2n) is 9.67. The number of ether oxygens (including phenoxy) is 4. The molecule has 8 heteroatoms. The van der Waals surface area contributed by atoms with Gasteiger partial charge >= 0.3 is 0 Å². The van der Waals surface area contributed by atoms with Gasteiger partial charge in [0.2, 0.25) is 13.1 Å². The van der Waals surface area contributed by atoms with Crippen LogP contribution in [0.15, 0.2) is 30.0 Å². The molecule has 3 atom stereocenters. The van der Waals surface area contributed by atoms with Gasteiger partial charge in [0.15, 0.2) is 17.3 Å². The van der Waals surface area contributed by atoms with Gasteiger partial charge in [-0.2, -0.15) is 0 Å². The Morgan fingerprint density at radius 3 is 2.68 bits per heavy atom. The van der Waals surface area contributed by atoms with Crippen LogP contribution in [0, 0.1) is 17.8 Å². The van der Waals surface area contributed by atoms with Gasteiger partial charge in [-0.05, 0) is 68.2 Å². The van der Waals surface area contributed by atoms with Gasteiger partial charge in [0.25, 0.3) is 5.91 Å². The number of aliphatic hydroxyl groups excluding tert-OH is 1. The van der Waals surface area contributed by atoms with Crippen LogP contribution >= 0.6 is 0 Å². The SMILES string of the molecule is CCO[C@H]1OC(C(=O)N2CCN(Cc3ccc4c(c3)OCO4)CC2)=C[C@@H](C2CC2)[C@@H]1CCCO. The highest BCUT2D eigenvalue weighted by atomic mass is 16.7. The quantitative estimate of drug-likeness (QED) is 0.592. The predicted octanol–water partition coefficient (Wildman–Crippen LogP) is 2.75. The second-order valence-corrected chi connectivity index (χ2v) is 9.67. The van der Waals surface area contributed by atoms with Crippen LogP contribution in [0.1, 0.15) is 38.2 Å². The number of nitrogens with zero attached hydrogens (tertiary/aromatic N) is 2. The van der Waals surface area contributed by atoms with Crippen molar-refractivity contribution in [1.29, 1.82) is 0 Å². The molecule has 5 rings (SSSR count). The van der Waals surface area contributed by atoms with Crippen LogP contribution in [0.3, 0.4) is 0 Å². The van der Waals surface area contributed by atoms with Gasteiger partial charge in [-0.3, -0.25) is 9.69 Å². The summed E-state index contributed by atoms with van der Waals surface area (Å²) < 4.78 is 23.0. The number of benzene rings is 1. The minimum absolute atomic E-state index is 0.0290. The van der Waals surface area contributed by atoms with Crippen LogP contribution in [-0.2, 0) is 20.8 Å². The molecular formula is C26H36N2O6. The van der Waals surface area contributed by atoms with Gasteiger partial charge in [-0.25, -0.2) is 0 Å². The van der Waals surface area contributed by atoms with Crippen molar-refractivity contribution in [3.05, 3.63) is 35.6 Å². The van der Waals surface area contributed by atoms with Crippen molar-refractivity contribution in [2.75, 3.05) is 46.2 Å². The van der Waals surface area contributed by atoms with E-state index in [0.717, 1.165) is 44.0 Å². The molecule has 1 saturated heterocycles. The Hall–Kier alpha value is -2.29. The van der Waals surface area contributed by atoms with Crippen LogP contribution in [-0.4, -0.2) is 73.3 Å². The smallest absolute Gasteiger partial charge is 0.288 e. The van der Waals surface area contributed by atoms with E-state index in [1.54, 1.807) is 0 Å². The highest BCUT2D eigenvalue weighted by Crippen LogP contribution is 2.47. The van der Waals surface area contributed by atoms with Crippen molar-refractivity contribution in [2.24, 2.45) is 17.8 Å². The zero-order valence-electron chi connectivity index (χ0n) is 20.0. The molecular weight excluding hydrogens is 436 g/mol. The molecule has 1 aliphatic carbocycles. The summed E-state index contributed by atoms with van der Waals surface area (Å²) in [6.07, 6.45) is 5.60. The summed E-state index contributed by atoms with van der Waals surface area (Å²) in [5, 5.41) is 9.35. The van der Waals surface area contributed by atoms with Crippen LogP contribution in [0.4, 0.5) is 0 Å². The molecule has 1 amide bonds. The Bertz CT molecular complexity index is 893. The van der Waals surface area contributed by atoms with Crippen LogP contribution in [0.25, 0.3) is 0 Å². The Balaban J connectivity index is 1.20. The summed E-state index contributed by atoms with van der Waals surface area (Å²) in [6, 6.07) is 6.08. The lowest BCUT2D eigenvalue weighted by atomic mass is 9.82. The molecule has 3 aliphatic heterocycles. The van der Waals surface area contributed by atoms with Crippen molar-refractivity contribution in [3.63, 3.8) is 0 Å². The third-order valence-electron chi connectivity index (χ3n) is 7.34. The van der Waals surface area contributed by atoms with E-state index in [0.29, 0.717) is 31.4 Å². The monoisotopic (exact) mass is 472 g/mol. The average Bonchev–Trinajstić information content (AvgIpc) is 3.60. The minimum Gasteiger partial charge on any atom is -0.459 e. The fourth-order valence-electron chi connectivity index (χ4n) is 5.36. The number of allylic oxidation sites excluding steroid dienone is 1. The molecule has 0 aromatic heterocycles. The van der Waals surface area contributed by atoms with E-state index in [1.165, 1.54) is 18.4 Å². The highest BCUT2D eigenvalue weighted by molar-refractivity contribution is 5.91. The largest absolute Gasteiger partial charge is 0.459 e. The fraction of sp³-hybridized carbons (Fsp3) is 0.654. The number of rotatable bonds is 9. The van der Waals surface area contributed by atoms with Crippen molar-refractivity contribution >= 4 is 5.91 Å².